The maximum absolute atomic E-state index is 12.1. The average Bonchev–Trinajstić information content (AvgIpc) is 2.49. The van der Waals surface area contributed by atoms with Crippen LogP contribution in [0.2, 0.25) is 0 Å². The predicted molar refractivity (Wildman–Crippen MR) is 81.4 cm³/mol. The number of rotatable bonds is 5. The second kappa shape index (κ2) is 6.71. The fourth-order valence-corrected chi connectivity index (χ4v) is 2.04. The summed E-state index contributed by atoms with van der Waals surface area (Å²) < 4.78 is 0. The zero-order valence-electron chi connectivity index (χ0n) is 11.5. The first-order valence-electron chi connectivity index (χ1n) is 6.70. The van der Waals surface area contributed by atoms with Gasteiger partial charge in [0, 0.05) is 17.6 Å². The molecule has 0 amide bonds. The van der Waals surface area contributed by atoms with E-state index < -0.39 is 0 Å². The lowest BCUT2D eigenvalue weighted by molar-refractivity contribution is -0.117. The number of hydrogen-bond donors (Lipinski definition) is 1. The highest BCUT2D eigenvalue weighted by molar-refractivity contribution is 5.96. The molecule has 2 rings (SSSR count). The molecule has 0 bridgehead atoms. The second-order valence-electron chi connectivity index (χ2n) is 4.89. The van der Waals surface area contributed by atoms with Gasteiger partial charge in [-0.1, -0.05) is 67.6 Å². The Morgan fingerprint density at radius 2 is 1.60 bits per heavy atom. The summed E-state index contributed by atoms with van der Waals surface area (Å²) in [6, 6.07) is 19.0. The second-order valence-corrected chi connectivity index (χ2v) is 4.89. The van der Waals surface area contributed by atoms with Crippen molar-refractivity contribution in [1.82, 2.24) is 0 Å². The molecule has 0 saturated heterocycles. The Kier molecular flexibility index (Phi) is 4.72. The molecule has 0 spiro atoms. The van der Waals surface area contributed by atoms with Crippen LogP contribution in [0.15, 0.2) is 66.7 Å². The van der Waals surface area contributed by atoms with Crippen molar-refractivity contribution in [3.8, 4) is 0 Å². The Bertz CT molecular complexity index is 585. The topological polar surface area (TPSA) is 37.3 Å². The molecule has 102 valence electrons. The van der Waals surface area contributed by atoms with E-state index in [-0.39, 0.29) is 17.5 Å². The molecule has 2 heteroatoms. The third kappa shape index (κ3) is 3.82. The lowest BCUT2D eigenvalue weighted by atomic mass is 9.96. The summed E-state index contributed by atoms with van der Waals surface area (Å²) in [6.45, 7) is 1.88. The summed E-state index contributed by atoms with van der Waals surface area (Å²) in [5, 5.41) is 9.95. The van der Waals surface area contributed by atoms with Crippen LogP contribution >= 0.6 is 0 Å². The number of carbonyl (C=O) groups is 1. The van der Waals surface area contributed by atoms with Gasteiger partial charge in [-0.3, -0.25) is 4.79 Å². The van der Waals surface area contributed by atoms with Gasteiger partial charge < -0.3 is 5.11 Å². The lowest BCUT2D eigenvalue weighted by Gasteiger charge is -2.08. The number of aliphatic hydroxyl groups is 1. The van der Waals surface area contributed by atoms with Gasteiger partial charge in [0.05, 0.1) is 0 Å². The van der Waals surface area contributed by atoms with Gasteiger partial charge in [-0.15, -0.1) is 0 Å². The van der Waals surface area contributed by atoms with E-state index in [9.17, 15) is 9.90 Å². The van der Waals surface area contributed by atoms with Crippen LogP contribution in [0.1, 0.15) is 18.1 Å². The number of benzene rings is 2. The van der Waals surface area contributed by atoms with Crippen LogP contribution in [0, 0.1) is 5.92 Å². The number of hydrogen-bond acceptors (Lipinski definition) is 2. The average molecular weight is 266 g/mol. The predicted octanol–water partition coefficient (Wildman–Crippen LogP) is 4.03. The molecule has 1 N–H and O–H groups in total. The highest BCUT2D eigenvalue weighted by atomic mass is 16.3. The van der Waals surface area contributed by atoms with E-state index in [1.54, 1.807) is 12.1 Å². The van der Waals surface area contributed by atoms with Crippen LogP contribution in [-0.2, 0) is 11.2 Å². The molecule has 2 aromatic carbocycles. The Labute approximate surface area is 119 Å². The molecule has 0 saturated carbocycles. The van der Waals surface area contributed by atoms with Gasteiger partial charge in [0.15, 0.2) is 5.78 Å². The fourth-order valence-electron chi connectivity index (χ4n) is 2.04. The SMILES string of the molecule is C[C@H](Cc1ccccc1)C(=O)/C=C(\O)c1ccccc1. The van der Waals surface area contributed by atoms with Gasteiger partial charge in [-0.2, -0.15) is 0 Å². The molecule has 2 aromatic rings. The molecular weight excluding hydrogens is 248 g/mol. The molecule has 1 atom stereocenters. The minimum Gasteiger partial charge on any atom is -0.507 e. The van der Waals surface area contributed by atoms with E-state index in [1.807, 2.05) is 55.5 Å². The molecule has 0 unspecified atom stereocenters. The number of ketones is 1. The Hall–Kier alpha value is -2.35. The van der Waals surface area contributed by atoms with Crippen molar-refractivity contribution in [3.63, 3.8) is 0 Å². The highest BCUT2D eigenvalue weighted by Gasteiger charge is 2.12. The van der Waals surface area contributed by atoms with Crippen molar-refractivity contribution in [2.45, 2.75) is 13.3 Å². The third-order valence-corrected chi connectivity index (χ3v) is 3.22. The summed E-state index contributed by atoms with van der Waals surface area (Å²) in [7, 11) is 0. The molecule has 2 nitrogen and oxygen atoms in total. The van der Waals surface area contributed by atoms with Crippen LogP contribution in [-0.4, -0.2) is 10.9 Å². The zero-order valence-corrected chi connectivity index (χ0v) is 11.5. The quantitative estimate of drug-likeness (QED) is 0.655. The molecule has 0 aromatic heterocycles. The highest BCUT2D eigenvalue weighted by Crippen LogP contribution is 2.14. The molecular formula is C18H18O2. The maximum Gasteiger partial charge on any atom is 0.162 e. The van der Waals surface area contributed by atoms with Crippen LogP contribution in [0.3, 0.4) is 0 Å². The number of carbonyl (C=O) groups excluding carboxylic acids is 1. The van der Waals surface area contributed by atoms with Crippen LogP contribution in [0.5, 0.6) is 0 Å². The van der Waals surface area contributed by atoms with Gasteiger partial charge in [-0.05, 0) is 12.0 Å². The van der Waals surface area contributed by atoms with E-state index in [0.29, 0.717) is 12.0 Å². The van der Waals surface area contributed by atoms with E-state index in [4.69, 9.17) is 0 Å². The maximum atomic E-state index is 12.1. The van der Waals surface area contributed by atoms with E-state index in [1.165, 1.54) is 6.08 Å². The van der Waals surface area contributed by atoms with Crippen LogP contribution in [0.4, 0.5) is 0 Å². The van der Waals surface area contributed by atoms with E-state index in [0.717, 1.165) is 5.56 Å². The normalized spacial score (nSPS) is 12.9. The molecule has 0 fully saturated rings. The van der Waals surface area contributed by atoms with Gasteiger partial charge in [0.25, 0.3) is 0 Å². The molecule has 0 aliphatic carbocycles. The fraction of sp³-hybridized carbons (Fsp3) is 0.167. The minimum atomic E-state index is -0.150. The standard InChI is InChI=1S/C18H18O2/c1-14(12-15-8-4-2-5-9-15)17(19)13-18(20)16-10-6-3-7-11-16/h2-11,13-14,20H,12H2,1H3/b18-13-/t14-/m1/s1. The van der Waals surface area contributed by atoms with Gasteiger partial charge in [0.1, 0.15) is 5.76 Å². The van der Waals surface area contributed by atoms with Crippen molar-refractivity contribution >= 4 is 11.5 Å². The Morgan fingerprint density at radius 3 is 2.20 bits per heavy atom. The minimum absolute atomic E-state index is 0.0236. The largest absolute Gasteiger partial charge is 0.507 e. The van der Waals surface area contributed by atoms with Crippen LogP contribution in [0.25, 0.3) is 5.76 Å². The van der Waals surface area contributed by atoms with Crippen molar-refractivity contribution in [2.75, 3.05) is 0 Å². The summed E-state index contributed by atoms with van der Waals surface area (Å²) >= 11 is 0. The van der Waals surface area contributed by atoms with E-state index in [2.05, 4.69) is 0 Å². The summed E-state index contributed by atoms with van der Waals surface area (Å²) in [5.41, 5.74) is 1.79. The van der Waals surface area contributed by atoms with Crippen molar-refractivity contribution in [2.24, 2.45) is 5.92 Å². The van der Waals surface area contributed by atoms with Crippen LogP contribution < -0.4 is 0 Å². The molecule has 20 heavy (non-hydrogen) atoms. The summed E-state index contributed by atoms with van der Waals surface area (Å²) in [6.07, 6.45) is 2.00. The molecule has 0 aliphatic rings. The summed E-state index contributed by atoms with van der Waals surface area (Å²) in [4.78, 5) is 12.1. The molecule has 0 aliphatic heterocycles. The lowest BCUT2D eigenvalue weighted by Crippen LogP contribution is -2.11. The first kappa shape index (κ1) is 14.1. The number of aliphatic hydroxyl groups excluding tert-OH is 1. The van der Waals surface area contributed by atoms with Crippen molar-refractivity contribution in [1.29, 1.82) is 0 Å². The smallest absolute Gasteiger partial charge is 0.162 e. The Balaban J connectivity index is 2.04. The van der Waals surface area contributed by atoms with Crippen molar-refractivity contribution in [3.05, 3.63) is 77.9 Å². The van der Waals surface area contributed by atoms with Gasteiger partial charge >= 0.3 is 0 Å². The third-order valence-electron chi connectivity index (χ3n) is 3.22. The first-order valence-corrected chi connectivity index (χ1v) is 6.70. The monoisotopic (exact) mass is 266 g/mol. The first-order chi connectivity index (χ1) is 9.66. The summed E-state index contributed by atoms with van der Waals surface area (Å²) in [5.74, 6) is -0.186. The number of allylic oxidation sites excluding steroid dienone is 1. The van der Waals surface area contributed by atoms with E-state index >= 15 is 0 Å². The Morgan fingerprint density at radius 1 is 1.05 bits per heavy atom. The zero-order chi connectivity index (χ0) is 14.4. The molecule has 0 radical (unpaired) electrons. The molecule has 0 heterocycles. The van der Waals surface area contributed by atoms with Gasteiger partial charge in [-0.25, -0.2) is 0 Å². The van der Waals surface area contributed by atoms with Crippen molar-refractivity contribution < 1.29 is 9.90 Å². The van der Waals surface area contributed by atoms with Gasteiger partial charge in [0.2, 0.25) is 0 Å².